The maximum Gasteiger partial charge on any atom is 0.231 e. The van der Waals surface area contributed by atoms with Crippen molar-refractivity contribution in [2.24, 2.45) is 11.8 Å². The molecular formula is C42H36Cl10N2O7S2. The van der Waals surface area contributed by atoms with Gasteiger partial charge in [-0.25, -0.2) is 8.42 Å². The Kier molecular flexibility index (Phi) is 17.7. The van der Waals surface area contributed by atoms with Crippen LogP contribution in [0.25, 0.3) is 0 Å². The molecule has 338 valence electrons. The van der Waals surface area contributed by atoms with Crippen LogP contribution in [0.3, 0.4) is 0 Å². The van der Waals surface area contributed by atoms with E-state index in [1.54, 1.807) is 54.8 Å². The van der Waals surface area contributed by atoms with Gasteiger partial charge < -0.3 is 10.6 Å². The summed E-state index contributed by atoms with van der Waals surface area (Å²) in [4.78, 5) is 50.7. The molecule has 2 aliphatic carbocycles. The number of carbonyl (C=O) groups is 4. The summed E-state index contributed by atoms with van der Waals surface area (Å²) in [6.07, 6.45) is 3.58. The molecule has 63 heavy (non-hydrogen) atoms. The van der Waals surface area contributed by atoms with E-state index < -0.39 is 64.8 Å². The van der Waals surface area contributed by atoms with Crippen LogP contribution in [0.1, 0.15) is 69.4 Å². The predicted molar refractivity (Wildman–Crippen MR) is 260 cm³/mol. The van der Waals surface area contributed by atoms with Crippen molar-refractivity contribution in [3.05, 3.63) is 125 Å². The Balaban J connectivity index is 0.000000238. The van der Waals surface area contributed by atoms with Gasteiger partial charge in [-0.1, -0.05) is 69.6 Å². The zero-order valence-corrected chi connectivity index (χ0v) is 42.1. The summed E-state index contributed by atoms with van der Waals surface area (Å²) >= 11 is 62.0. The quantitative estimate of drug-likeness (QED) is 0.0840. The lowest BCUT2D eigenvalue weighted by Crippen LogP contribution is -2.17. The second-order valence-electron chi connectivity index (χ2n) is 15.0. The molecule has 2 saturated carbocycles. The molecule has 21 heteroatoms. The van der Waals surface area contributed by atoms with Gasteiger partial charge in [0.15, 0.2) is 11.6 Å². The third kappa shape index (κ3) is 13.9. The van der Waals surface area contributed by atoms with Crippen LogP contribution >= 0.6 is 116 Å². The topological polar surface area (TPSA) is 144 Å². The van der Waals surface area contributed by atoms with Crippen molar-refractivity contribution in [2.45, 2.75) is 46.2 Å². The van der Waals surface area contributed by atoms with E-state index in [0.29, 0.717) is 60.3 Å². The average Bonchev–Trinajstić information content (AvgIpc) is 3.97. The smallest absolute Gasteiger partial charge is 0.231 e. The van der Waals surface area contributed by atoms with Crippen LogP contribution in [0.5, 0.6) is 0 Å². The van der Waals surface area contributed by atoms with Crippen molar-refractivity contribution in [2.75, 3.05) is 34.7 Å². The summed E-state index contributed by atoms with van der Waals surface area (Å²) in [6, 6.07) is 18.9. The molecule has 2 N–H and O–H groups in total. The van der Waals surface area contributed by atoms with Crippen LogP contribution in [0.4, 0.5) is 11.4 Å². The zero-order valence-electron chi connectivity index (χ0n) is 32.9. The molecule has 0 radical (unpaired) electrons. The maximum atomic E-state index is 12.9. The first kappa shape index (κ1) is 52.1. The summed E-state index contributed by atoms with van der Waals surface area (Å²) < 4.78 is 31.1. The highest BCUT2D eigenvalue weighted by Gasteiger charge is 2.68. The Hall–Kier alpha value is -1.84. The Morgan fingerprint density at radius 3 is 1.32 bits per heavy atom. The molecule has 9 nitrogen and oxygen atoms in total. The molecule has 0 saturated heterocycles. The second kappa shape index (κ2) is 21.4. The number of Topliss-reactive ketones (excluding diaryl/α,β-unsaturated/α-hetero) is 2. The number of carbonyl (C=O) groups excluding carboxylic acids is 4. The Morgan fingerprint density at radius 1 is 0.603 bits per heavy atom. The number of alkyl halides is 4. The molecule has 0 bridgehead atoms. The summed E-state index contributed by atoms with van der Waals surface area (Å²) in [5, 5.41) is 7.59. The van der Waals surface area contributed by atoms with Gasteiger partial charge in [-0.15, -0.1) is 46.4 Å². The molecule has 2 amide bonds. The number of amides is 2. The highest BCUT2D eigenvalue weighted by molar-refractivity contribution is 7.90. The lowest BCUT2D eigenvalue weighted by atomic mass is 10.1. The average molecular weight is 1100 g/mol. The number of anilines is 2. The van der Waals surface area contributed by atoms with Gasteiger partial charge in [0.05, 0.1) is 27.6 Å². The van der Waals surface area contributed by atoms with E-state index in [1.807, 2.05) is 0 Å². The Morgan fingerprint density at radius 2 is 0.968 bits per heavy atom. The summed E-state index contributed by atoms with van der Waals surface area (Å²) in [7, 11) is -4.14. The van der Waals surface area contributed by atoms with E-state index in [0.717, 1.165) is 6.26 Å². The summed E-state index contributed by atoms with van der Waals surface area (Å²) in [5.41, 5.74) is 2.53. The number of hydrogen-bond acceptors (Lipinski definition) is 7. The minimum atomic E-state index is -3.17. The van der Waals surface area contributed by atoms with E-state index in [9.17, 15) is 31.8 Å². The summed E-state index contributed by atoms with van der Waals surface area (Å²) in [6.45, 7) is 0. The molecule has 5 unspecified atom stereocenters. The number of nitrogens with one attached hydrogen (secondary N) is 2. The standard InChI is InChI=1S/C21H18Cl5NO4S.C21H18Cl5NO3S/c1-32(30,31)6-2-3-17(28)15-10-14(4-5-16(15)24)27-20(29)19-18(21(19,25)26)11-7-12(22)9-13(23)8-11;1-31(30)6-2-3-17(28)15-10-14(4-5-16(15)24)27-20(29)19-18(21(19,25)26)11-7-12(22)9-13(23)8-11/h4-5,7-10,18-19H,2-3,6H2,1H3,(H,27,29);4-5,7-10,18-19H,2-3,6H2,1H3,(H,27,29). The van der Waals surface area contributed by atoms with Crippen LogP contribution < -0.4 is 10.6 Å². The zero-order chi connectivity index (χ0) is 46.8. The molecule has 6 rings (SSSR count). The minimum Gasteiger partial charge on any atom is -0.326 e. The predicted octanol–water partition coefficient (Wildman–Crippen LogP) is 12.7. The Bertz CT molecular complexity index is 2550. The Labute approximate surface area is 417 Å². The van der Waals surface area contributed by atoms with Gasteiger partial charge in [0, 0.05) is 96.3 Å². The molecule has 0 aliphatic heterocycles. The molecule has 0 heterocycles. The van der Waals surface area contributed by atoms with Gasteiger partial charge >= 0.3 is 0 Å². The molecular weight excluding hydrogens is 1060 g/mol. The molecule has 0 aromatic heterocycles. The number of rotatable bonds is 16. The first-order valence-electron chi connectivity index (χ1n) is 18.7. The largest absolute Gasteiger partial charge is 0.326 e. The fourth-order valence-electron chi connectivity index (χ4n) is 6.92. The van der Waals surface area contributed by atoms with Crippen LogP contribution in [0.2, 0.25) is 30.1 Å². The fraction of sp³-hybridized carbons (Fsp3) is 0.333. The molecule has 4 aromatic carbocycles. The van der Waals surface area contributed by atoms with Crippen molar-refractivity contribution in [3.63, 3.8) is 0 Å². The van der Waals surface area contributed by atoms with Crippen molar-refractivity contribution in [1.29, 1.82) is 0 Å². The van der Waals surface area contributed by atoms with Gasteiger partial charge in [0.2, 0.25) is 11.8 Å². The third-order valence-electron chi connectivity index (χ3n) is 9.98. The van der Waals surface area contributed by atoms with Crippen molar-refractivity contribution in [3.8, 4) is 0 Å². The number of hydrogen-bond donors (Lipinski definition) is 2. The molecule has 2 aliphatic rings. The van der Waals surface area contributed by atoms with Crippen molar-refractivity contribution in [1.82, 2.24) is 0 Å². The van der Waals surface area contributed by atoms with E-state index in [-0.39, 0.29) is 52.2 Å². The lowest BCUT2D eigenvalue weighted by Gasteiger charge is -2.09. The van der Waals surface area contributed by atoms with Crippen LogP contribution in [0.15, 0.2) is 72.8 Å². The highest BCUT2D eigenvalue weighted by atomic mass is 35.5. The van der Waals surface area contributed by atoms with E-state index in [4.69, 9.17) is 116 Å². The normalized spacial score (nSPS) is 19.8. The molecule has 5 atom stereocenters. The molecule has 4 aromatic rings. The number of ketones is 2. The van der Waals surface area contributed by atoms with E-state index in [2.05, 4.69) is 10.6 Å². The van der Waals surface area contributed by atoms with Gasteiger partial charge in [-0.3, -0.25) is 23.4 Å². The van der Waals surface area contributed by atoms with Crippen LogP contribution in [0, 0.1) is 11.8 Å². The molecule has 2 fully saturated rings. The number of benzene rings is 4. The first-order valence-corrected chi connectivity index (χ1v) is 26.3. The molecule has 0 spiro atoms. The number of halogens is 10. The third-order valence-corrected chi connectivity index (χ3v) is 15.3. The monoisotopic (exact) mass is 1090 g/mol. The summed E-state index contributed by atoms with van der Waals surface area (Å²) in [5.74, 6) is -3.47. The van der Waals surface area contributed by atoms with Crippen LogP contribution in [-0.4, -0.2) is 68.7 Å². The first-order chi connectivity index (χ1) is 29.3. The van der Waals surface area contributed by atoms with E-state index in [1.165, 1.54) is 24.3 Å². The van der Waals surface area contributed by atoms with Gasteiger partial charge in [0.25, 0.3) is 0 Å². The lowest BCUT2D eigenvalue weighted by molar-refractivity contribution is -0.118. The highest BCUT2D eigenvalue weighted by Crippen LogP contribution is 2.66. The fourth-order valence-corrected chi connectivity index (χ4v) is 11.3. The van der Waals surface area contributed by atoms with Crippen LogP contribution in [-0.2, 0) is 30.2 Å². The van der Waals surface area contributed by atoms with Gasteiger partial charge in [0.1, 0.15) is 18.5 Å². The van der Waals surface area contributed by atoms with Crippen molar-refractivity contribution < 1.29 is 31.8 Å². The second-order valence-corrected chi connectivity index (χ2v) is 24.3. The van der Waals surface area contributed by atoms with E-state index >= 15 is 0 Å². The van der Waals surface area contributed by atoms with Gasteiger partial charge in [-0.05, 0) is 96.8 Å². The SMILES string of the molecule is CS(=O)(=O)CCCC(=O)c1cc(NC(=O)C2C(c3cc(Cl)cc(Cl)c3)C2(Cl)Cl)ccc1Cl.CS(=O)CCCC(=O)c1cc(NC(=O)C2C(c3cc(Cl)cc(Cl)c3)C2(Cl)Cl)ccc1Cl. The number of sulfone groups is 1. The maximum absolute atomic E-state index is 12.9. The van der Waals surface area contributed by atoms with Gasteiger partial charge in [-0.2, -0.15) is 0 Å². The minimum absolute atomic E-state index is 0.0108. The van der Waals surface area contributed by atoms with Crippen molar-refractivity contribution >= 4 is 171 Å².